The van der Waals surface area contributed by atoms with Crippen LogP contribution in [0.5, 0.6) is 0 Å². The molecule has 0 saturated carbocycles. The van der Waals surface area contributed by atoms with Crippen LogP contribution in [0.4, 0.5) is 0 Å². The SMILES string of the molecule is CCC(CC)Cc1ccccc1CN1Cc2nc[nH]c(=O)c2C1. The molecular weight excluding hydrogens is 286 g/mol. The molecule has 3 rings (SSSR count). The highest BCUT2D eigenvalue weighted by Gasteiger charge is 2.23. The van der Waals surface area contributed by atoms with E-state index in [1.807, 2.05) is 0 Å². The maximum absolute atomic E-state index is 11.9. The van der Waals surface area contributed by atoms with Crippen LogP contribution in [0.1, 0.15) is 49.1 Å². The molecule has 2 aromatic rings. The number of nitrogens with zero attached hydrogens (tertiary/aromatic N) is 2. The first-order valence-electron chi connectivity index (χ1n) is 8.55. The number of aromatic nitrogens is 2. The molecule has 122 valence electrons. The molecule has 4 heteroatoms. The molecule has 1 aliphatic rings. The molecular formula is C19H25N3O. The molecule has 0 saturated heterocycles. The zero-order valence-corrected chi connectivity index (χ0v) is 14.0. The predicted octanol–water partition coefficient (Wildman–Crippen LogP) is 3.26. The molecule has 23 heavy (non-hydrogen) atoms. The minimum atomic E-state index is 0.00261. The molecule has 0 radical (unpaired) electrons. The topological polar surface area (TPSA) is 49.0 Å². The summed E-state index contributed by atoms with van der Waals surface area (Å²) in [6, 6.07) is 8.71. The molecule has 1 N–H and O–H groups in total. The van der Waals surface area contributed by atoms with Crippen molar-refractivity contribution >= 4 is 0 Å². The van der Waals surface area contributed by atoms with E-state index in [4.69, 9.17) is 0 Å². The number of hydrogen-bond donors (Lipinski definition) is 1. The van der Waals surface area contributed by atoms with Crippen LogP contribution in [-0.4, -0.2) is 14.9 Å². The molecule has 0 unspecified atom stereocenters. The van der Waals surface area contributed by atoms with Gasteiger partial charge in [0.15, 0.2) is 0 Å². The molecule has 2 heterocycles. The lowest BCUT2D eigenvalue weighted by Gasteiger charge is -2.19. The quantitative estimate of drug-likeness (QED) is 0.891. The van der Waals surface area contributed by atoms with Crippen LogP contribution in [0.25, 0.3) is 0 Å². The summed E-state index contributed by atoms with van der Waals surface area (Å²) < 4.78 is 0. The average Bonchev–Trinajstić information content (AvgIpc) is 2.98. The Morgan fingerprint density at radius 2 is 1.91 bits per heavy atom. The Balaban J connectivity index is 1.75. The van der Waals surface area contributed by atoms with Gasteiger partial charge in [-0.25, -0.2) is 4.98 Å². The van der Waals surface area contributed by atoms with Crippen molar-refractivity contribution in [2.75, 3.05) is 0 Å². The maximum atomic E-state index is 11.9. The summed E-state index contributed by atoms with van der Waals surface area (Å²) in [5.74, 6) is 0.747. The fourth-order valence-electron chi connectivity index (χ4n) is 3.41. The Bertz CT molecular complexity index is 719. The molecule has 1 aromatic carbocycles. The fourth-order valence-corrected chi connectivity index (χ4v) is 3.41. The highest BCUT2D eigenvalue weighted by molar-refractivity contribution is 5.29. The second kappa shape index (κ2) is 7.09. The molecule has 0 spiro atoms. The van der Waals surface area contributed by atoms with Gasteiger partial charge in [0, 0.05) is 19.6 Å². The minimum Gasteiger partial charge on any atom is -0.313 e. The summed E-state index contributed by atoms with van der Waals surface area (Å²) in [7, 11) is 0. The van der Waals surface area contributed by atoms with E-state index in [-0.39, 0.29) is 5.56 Å². The first-order chi connectivity index (χ1) is 11.2. The van der Waals surface area contributed by atoms with E-state index in [1.54, 1.807) is 0 Å². The lowest BCUT2D eigenvalue weighted by atomic mass is 9.92. The number of nitrogens with one attached hydrogen (secondary N) is 1. The van der Waals surface area contributed by atoms with E-state index in [9.17, 15) is 4.79 Å². The zero-order chi connectivity index (χ0) is 16.2. The monoisotopic (exact) mass is 311 g/mol. The summed E-state index contributed by atoms with van der Waals surface area (Å²) in [5, 5.41) is 0. The van der Waals surface area contributed by atoms with Crippen LogP contribution >= 0.6 is 0 Å². The van der Waals surface area contributed by atoms with E-state index in [1.165, 1.54) is 30.3 Å². The molecule has 1 aliphatic heterocycles. The van der Waals surface area contributed by atoms with Gasteiger partial charge in [0.2, 0.25) is 0 Å². The van der Waals surface area contributed by atoms with Gasteiger partial charge in [-0.3, -0.25) is 9.69 Å². The fraction of sp³-hybridized carbons (Fsp3) is 0.474. The third-order valence-corrected chi connectivity index (χ3v) is 4.97. The standard InChI is InChI=1S/C19H25N3O/c1-3-14(4-2)9-15-7-5-6-8-16(15)10-22-11-17-18(12-22)20-13-21-19(17)23/h5-8,13-14H,3-4,9-12H2,1-2H3,(H,20,21,23). The number of fused-ring (bicyclic) bond motifs is 1. The van der Waals surface area contributed by atoms with Crippen molar-refractivity contribution in [3.8, 4) is 0 Å². The van der Waals surface area contributed by atoms with Crippen LogP contribution in [0.2, 0.25) is 0 Å². The van der Waals surface area contributed by atoms with Crippen LogP contribution in [0, 0.1) is 5.92 Å². The van der Waals surface area contributed by atoms with Crippen LogP contribution in [0.15, 0.2) is 35.4 Å². The summed E-state index contributed by atoms with van der Waals surface area (Å²) in [5.41, 5.74) is 4.57. The van der Waals surface area contributed by atoms with Gasteiger partial charge in [-0.1, -0.05) is 51.0 Å². The van der Waals surface area contributed by atoms with Gasteiger partial charge in [0.05, 0.1) is 17.6 Å². The van der Waals surface area contributed by atoms with Crippen LogP contribution in [0.3, 0.4) is 0 Å². The first kappa shape index (κ1) is 15.9. The van der Waals surface area contributed by atoms with Crippen LogP contribution < -0.4 is 5.56 Å². The summed E-state index contributed by atoms with van der Waals surface area (Å²) in [4.78, 5) is 21.2. The Morgan fingerprint density at radius 3 is 2.61 bits per heavy atom. The van der Waals surface area contributed by atoms with E-state index < -0.39 is 0 Å². The smallest absolute Gasteiger partial charge is 0.255 e. The van der Waals surface area contributed by atoms with Crippen molar-refractivity contribution in [2.45, 2.75) is 52.7 Å². The van der Waals surface area contributed by atoms with Crippen molar-refractivity contribution < 1.29 is 0 Å². The van der Waals surface area contributed by atoms with Gasteiger partial charge in [-0.05, 0) is 23.5 Å². The number of hydrogen-bond acceptors (Lipinski definition) is 3. The van der Waals surface area contributed by atoms with Gasteiger partial charge in [0.1, 0.15) is 0 Å². The molecule has 0 amide bonds. The molecule has 0 atom stereocenters. The largest absolute Gasteiger partial charge is 0.313 e. The van der Waals surface area contributed by atoms with Gasteiger partial charge in [-0.2, -0.15) is 0 Å². The van der Waals surface area contributed by atoms with E-state index in [0.717, 1.165) is 36.7 Å². The average molecular weight is 311 g/mol. The number of H-pyrrole nitrogens is 1. The van der Waals surface area contributed by atoms with Gasteiger partial charge in [0.25, 0.3) is 5.56 Å². The molecule has 4 nitrogen and oxygen atoms in total. The van der Waals surface area contributed by atoms with Crippen molar-refractivity contribution in [3.63, 3.8) is 0 Å². The first-order valence-corrected chi connectivity index (χ1v) is 8.55. The second-order valence-electron chi connectivity index (χ2n) is 6.46. The third-order valence-electron chi connectivity index (χ3n) is 4.97. The van der Waals surface area contributed by atoms with Crippen molar-refractivity contribution in [1.82, 2.24) is 14.9 Å². The highest BCUT2D eigenvalue weighted by Crippen LogP contribution is 2.23. The Kier molecular flexibility index (Phi) is 4.91. The van der Waals surface area contributed by atoms with Gasteiger partial charge < -0.3 is 4.98 Å². The van der Waals surface area contributed by atoms with Crippen molar-refractivity contribution in [3.05, 3.63) is 63.3 Å². The second-order valence-corrected chi connectivity index (χ2v) is 6.46. The number of aromatic amines is 1. The summed E-state index contributed by atoms with van der Waals surface area (Å²) in [6.45, 7) is 6.88. The summed E-state index contributed by atoms with van der Waals surface area (Å²) >= 11 is 0. The highest BCUT2D eigenvalue weighted by atomic mass is 16.1. The Morgan fingerprint density at radius 1 is 1.17 bits per heavy atom. The van der Waals surface area contributed by atoms with Crippen molar-refractivity contribution in [2.24, 2.45) is 5.92 Å². The molecule has 0 aliphatic carbocycles. The molecule has 0 fully saturated rings. The normalized spacial score (nSPS) is 14.4. The predicted molar refractivity (Wildman–Crippen MR) is 92.0 cm³/mol. The van der Waals surface area contributed by atoms with Crippen LogP contribution in [-0.2, 0) is 26.1 Å². The molecule has 0 bridgehead atoms. The zero-order valence-electron chi connectivity index (χ0n) is 14.0. The van der Waals surface area contributed by atoms with E-state index >= 15 is 0 Å². The Hall–Kier alpha value is -1.94. The van der Waals surface area contributed by atoms with E-state index in [0.29, 0.717) is 6.54 Å². The lowest BCUT2D eigenvalue weighted by Crippen LogP contribution is -2.19. The van der Waals surface area contributed by atoms with Gasteiger partial charge in [-0.15, -0.1) is 0 Å². The minimum absolute atomic E-state index is 0.00261. The number of benzene rings is 1. The summed E-state index contributed by atoms with van der Waals surface area (Å²) in [6.07, 6.45) is 5.09. The maximum Gasteiger partial charge on any atom is 0.255 e. The number of rotatable bonds is 6. The molecule has 1 aromatic heterocycles. The van der Waals surface area contributed by atoms with E-state index in [2.05, 4.69) is 53.0 Å². The Labute approximate surface area is 137 Å². The lowest BCUT2D eigenvalue weighted by molar-refractivity contribution is 0.272. The van der Waals surface area contributed by atoms with Crippen molar-refractivity contribution in [1.29, 1.82) is 0 Å². The van der Waals surface area contributed by atoms with Gasteiger partial charge >= 0.3 is 0 Å². The third kappa shape index (κ3) is 3.53.